The van der Waals surface area contributed by atoms with Crippen LogP contribution in [0.5, 0.6) is 11.5 Å². The summed E-state index contributed by atoms with van der Waals surface area (Å²) in [6, 6.07) is 15.1. The molecule has 3 aromatic rings. The second-order valence-corrected chi connectivity index (χ2v) is 7.67. The largest absolute Gasteiger partial charge is 0.493 e. The van der Waals surface area contributed by atoms with Gasteiger partial charge in [-0.1, -0.05) is 18.2 Å². The summed E-state index contributed by atoms with van der Waals surface area (Å²) in [7, 11) is 3.18. The predicted molar refractivity (Wildman–Crippen MR) is 112 cm³/mol. The number of nitrogens with zero attached hydrogens (tertiary/aromatic N) is 2. The molecule has 0 N–H and O–H groups in total. The second kappa shape index (κ2) is 8.67. The number of alkyl halides is 3. The van der Waals surface area contributed by atoms with E-state index in [4.69, 9.17) is 9.47 Å². The molecule has 2 aromatic carbocycles. The van der Waals surface area contributed by atoms with Gasteiger partial charge >= 0.3 is 6.18 Å². The summed E-state index contributed by atoms with van der Waals surface area (Å²) in [5, 5.41) is 0. The third kappa shape index (κ3) is 4.42. The zero-order valence-electron chi connectivity index (χ0n) is 17.5. The molecule has 31 heavy (non-hydrogen) atoms. The molecule has 0 amide bonds. The molecule has 1 aromatic heterocycles. The summed E-state index contributed by atoms with van der Waals surface area (Å²) in [6.07, 6.45) is -1.48. The van der Waals surface area contributed by atoms with E-state index in [0.717, 1.165) is 36.8 Å². The van der Waals surface area contributed by atoms with Crippen LogP contribution in [0.3, 0.4) is 0 Å². The number of hydrogen-bond donors (Lipinski definition) is 0. The smallest absolute Gasteiger partial charge is 0.416 e. The van der Waals surface area contributed by atoms with Crippen molar-refractivity contribution in [1.29, 1.82) is 0 Å². The first-order valence-electron chi connectivity index (χ1n) is 10.2. The van der Waals surface area contributed by atoms with Gasteiger partial charge in [0.2, 0.25) is 0 Å². The quantitative estimate of drug-likeness (QED) is 0.533. The lowest BCUT2D eigenvalue weighted by atomic mass is 9.98. The summed E-state index contributed by atoms with van der Waals surface area (Å²) in [4.78, 5) is 2.23. The zero-order chi connectivity index (χ0) is 22.0. The predicted octanol–water partition coefficient (Wildman–Crippen LogP) is 5.52. The molecule has 0 bridgehead atoms. The van der Waals surface area contributed by atoms with Crippen LogP contribution >= 0.6 is 0 Å². The molecule has 0 aliphatic carbocycles. The van der Waals surface area contributed by atoms with Gasteiger partial charge in [-0.25, -0.2) is 0 Å². The molecule has 0 unspecified atom stereocenters. The van der Waals surface area contributed by atoms with Gasteiger partial charge in [-0.05, 0) is 53.9 Å². The molecule has 0 saturated carbocycles. The van der Waals surface area contributed by atoms with Crippen LogP contribution in [0.4, 0.5) is 13.2 Å². The Kier molecular flexibility index (Phi) is 5.96. The zero-order valence-corrected chi connectivity index (χ0v) is 17.5. The third-order valence-corrected chi connectivity index (χ3v) is 5.72. The number of ether oxygens (including phenoxy) is 2. The maximum atomic E-state index is 13.4. The summed E-state index contributed by atoms with van der Waals surface area (Å²) >= 11 is 0. The van der Waals surface area contributed by atoms with Crippen molar-refractivity contribution in [3.8, 4) is 11.5 Å². The SMILES string of the molecule is COc1ccc(CN2CCCn3cccc3[C@H]2c2cccc(C(F)(F)F)c2)cc1OC. The van der Waals surface area contributed by atoms with Gasteiger partial charge in [-0.2, -0.15) is 13.2 Å². The number of methoxy groups -OCH3 is 2. The van der Waals surface area contributed by atoms with Crippen molar-refractivity contribution in [2.75, 3.05) is 20.8 Å². The van der Waals surface area contributed by atoms with E-state index < -0.39 is 11.7 Å². The Balaban J connectivity index is 1.74. The topological polar surface area (TPSA) is 26.6 Å². The number of aryl methyl sites for hydroxylation is 1. The van der Waals surface area contributed by atoms with Gasteiger partial charge in [0.15, 0.2) is 11.5 Å². The summed E-state index contributed by atoms with van der Waals surface area (Å²) < 4.78 is 53.1. The molecule has 164 valence electrons. The highest BCUT2D eigenvalue weighted by Gasteiger charge is 2.33. The second-order valence-electron chi connectivity index (χ2n) is 7.67. The average Bonchev–Trinajstić information content (AvgIpc) is 3.14. The number of benzene rings is 2. The summed E-state index contributed by atoms with van der Waals surface area (Å²) in [5.74, 6) is 1.28. The van der Waals surface area contributed by atoms with Crippen molar-refractivity contribution < 1.29 is 22.6 Å². The van der Waals surface area contributed by atoms with E-state index in [1.165, 1.54) is 12.1 Å². The molecular formula is C24H25F3N2O2. The van der Waals surface area contributed by atoms with Gasteiger partial charge < -0.3 is 14.0 Å². The molecule has 2 heterocycles. The third-order valence-electron chi connectivity index (χ3n) is 5.72. The van der Waals surface area contributed by atoms with Crippen LogP contribution in [-0.4, -0.2) is 30.2 Å². The van der Waals surface area contributed by atoms with Crippen molar-refractivity contribution in [1.82, 2.24) is 9.47 Å². The molecule has 0 saturated heterocycles. The van der Waals surface area contributed by atoms with Crippen LogP contribution in [0, 0.1) is 0 Å². The molecule has 1 aliphatic rings. The van der Waals surface area contributed by atoms with Crippen molar-refractivity contribution in [3.05, 3.63) is 83.2 Å². The molecule has 0 fully saturated rings. The highest BCUT2D eigenvalue weighted by molar-refractivity contribution is 5.43. The molecule has 0 radical (unpaired) electrons. The van der Waals surface area contributed by atoms with Crippen LogP contribution in [0.1, 0.15) is 34.8 Å². The number of fused-ring (bicyclic) bond motifs is 1. The van der Waals surface area contributed by atoms with E-state index in [2.05, 4.69) is 9.47 Å². The molecule has 4 rings (SSSR count). The fraction of sp³-hybridized carbons (Fsp3) is 0.333. The number of hydrogen-bond acceptors (Lipinski definition) is 3. The maximum Gasteiger partial charge on any atom is 0.416 e. The minimum atomic E-state index is -4.38. The van der Waals surface area contributed by atoms with E-state index in [9.17, 15) is 13.2 Å². The molecular weight excluding hydrogens is 405 g/mol. The Morgan fingerprint density at radius 2 is 1.74 bits per heavy atom. The van der Waals surface area contributed by atoms with Crippen molar-refractivity contribution in [2.45, 2.75) is 31.7 Å². The van der Waals surface area contributed by atoms with Gasteiger partial charge in [-0.3, -0.25) is 4.90 Å². The average molecular weight is 430 g/mol. The normalized spacial score (nSPS) is 17.1. The number of rotatable bonds is 5. The fourth-order valence-corrected chi connectivity index (χ4v) is 4.29. The number of halogens is 3. The van der Waals surface area contributed by atoms with Crippen LogP contribution < -0.4 is 9.47 Å². The first-order chi connectivity index (χ1) is 14.9. The van der Waals surface area contributed by atoms with E-state index in [1.807, 2.05) is 36.5 Å². The molecule has 1 aliphatic heterocycles. The van der Waals surface area contributed by atoms with Crippen LogP contribution in [0.15, 0.2) is 60.8 Å². The monoisotopic (exact) mass is 430 g/mol. The Hall–Kier alpha value is -2.93. The number of aromatic nitrogens is 1. The van der Waals surface area contributed by atoms with Gasteiger partial charge in [-0.15, -0.1) is 0 Å². The maximum absolute atomic E-state index is 13.4. The Bertz CT molecular complexity index is 1050. The Morgan fingerprint density at radius 3 is 2.48 bits per heavy atom. The van der Waals surface area contributed by atoms with Gasteiger partial charge in [0.25, 0.3) is 0 Å². The molecule has 0 spiro atoms. The standard InChI is InChI=1S/C24H25F3N2O2/c1-30-21-10-9-17(14-22(21)31-2)16-29-13-5-12-28-11-4-8-20(28)23(29)18-6-3-7-19(15-18)24(25,26)27/h3-4,6-11,14-15,23H,5,12-13,16H2,1-2H3/t23-/m1/s1. The highest BCUT2D eigenvalue weighted by atomic mass is 19.4. The fourth-order valence-electron chi connectivity index (χ4n) is 4.29. The van der Waals surface area contributed by atoms with Crippen molar-refractivity contribution in [2.24, 2.45) is 0 Å². The Morgan fingerprint density at radius 1 is 0.935 bits per heavy atom. The first-order valence-corrected chi connectivity index (χ1v) is 10.2. The van der Waals surface area contributed by atoms with Crippen LogP contribution in [0.2, 0.25) is 0 Å². The van der Waals surface area contributed by atoms with E-state index in [0.29, 0.717) is 23.6 Å². The van der Waals surface area contributed by atoms with E-state index in [1.54, 1.807) is 20.3 Å². The minimum absolute atomic E-state index is 0.284. The van der Waals surface area contributed by atoms with Crippen LogP contribution in [-0.2, 0) is 19.3 Å². The van der Waals surface area contributed by atoms with E-state index in [-0.39, 0.29) is 6.04 Å². The molecule has 4 nitrogen and oxygen atoms in total. The first kappa shape index (κ1) is 21.3. The van der Waals surface area contributed by atoms with Crippen molar-refractivity contribution in [3.63, 3.8) is 0 Å². The molecule has 1 atom stereocenters. The van der Waals surface area contributed by atoms with Gasteiger partial charge in [0.05, 0.1) is 25.8 Å². The lowest BCUT2D eigenvalue weighted by molar-refractivity contribution is -0.137. The minimum Gasteiger partial charge on any atom is -0.493 e. The van der Waals surface area contributed by atoms with Gasteiger partial charge in [0, 0.05) is 31.5 Å². The summed E-state index contributed by atoms with van der Waals surface area (Å²) in [5.41, 5.74) is 2.02. The lowest BCUT2D eigenvalue weighted by Gasteiger charge is -2.31. The van der Waals surface area contributed by atoms with Crippen molar-refractivity contribution >= 4 is 0 Å². The van der Waals surface area contributed by atoms with E-state index >= 15 is 0 Å². The van der Waals surface area contributed by atoms with Gasteiger partial charge in [0.1, 0.15) is 0 Å². The Labute approximate surface area is 179 Å². The molecule has 7 heteroatoms. The highest BCUT2D eigenvalue weighted by Crippen LogP contribution is 2.37. The van der Waals surface area contributed by atoms with Crippen LogP contribution in [0.25, 0.3) is 0 Å². The lowest BCUT2D eigenvalue weighted by Crippen LogP contribution is -2.29. The summed E-state index contributed by atoms with van der Waals surface area (Å²) in [6.45, 7) is 2.17.